The van der Waals surface area contributed by atoms with Crippen LogP contribution in [-0.2, 0) is 4.79 Å². The third-order valence-corrected chi connectivity index (χ3v) is 3.06. The zero-order chi connectivity index (χ0) is 17.4. The molecule has 0 spiro atoms. The van der Waals surface area contributed by atoms with E-state index >= 15 is 0 Å². The second-order valence-corrected chi connectivity index (χ2v) is 4.73. The van der Waals surface area contributed by atoms with E-state index in [-0.39, 0.29) is 17.1 Å². The highest BCUT2D eigenvalue weighted by Crippen LogP contribution is 2.28. The van der Waals surface area contributed by atoms with Gasteiger partial charge < -0.3 is 9.47 Å². The SMILES string of the molecule is CCOc1cc(C=O)ccc1OC(=O)/C(C#N)=C/c1ccccc1. The van der Waals surface area contributed by atoms with Gasteiger partial charge in [-0.05, 0) is 36.8 Å². The second-order valence-electron chi connectivity index (χ2n) is 4.73. The minimum absolute atomic E-state index is 0.136. The Kier molecular flexibility index (Phi) is 5.87. The van der Waals surface area contributed by atoms with Gasteiger partial charge in [-0.2, -0.15) is 5.26 Å². The van der Waals surface area contributed by atoms with E-state index in [0.29, 0.717) is 24.0 Å². The molecule has 0 aromatic heterocycles. The molecular weight excluding hydrogens is 306 g/mol. The summed E-state index contributed by atoms with van der Waals surface area (Å²) in [6.45, 7) is 2.12. The second kappa shape index (κ2) is 8.30. The van der Waals surface area contributed by atoms with E-state index in [0.717, 1.165) is 0 Å². The third kappa shape index (κ3) is 4.31. The first-order chi connectivity index (χ1) is 11.7. The van der Waals surface area contributed by atoms with Crippen LogP contribution in [0.15, 0.2) is 54.1 Å². The number of benzene rings is 2. The normalized spacial score (nSPS) is 10.6. The fourth-order valence-corrected chi connectivity index (χ4v) is 1.96. The summed E-state index contributed by atoms with van der Waals surface area (Å²) in [5, 5.41) is 9.19. The minimum Gasteiger partial charge on any atom is -0.490 e. The smallest absolute Gasteiger partial charge is 0.354 e. The van der Waals surface area contributed by atoms with Crippen LogP contribution in [0, 0.1) is 11.3 Å². The molecule has 0 amide bonds. The van der Waals surface area contributed by atoms with Crippen LogP contribution in [0.3, 0.4) is 0 Å². The highest BCUT2D eigenvalue weighted by molar-refractivity contribution is 5.99. The fraction of sp³-hybridized carbons (Fsp3) is 0.105. The maximum absolute atomic E-state index is 12.2. The summed E-state index contributed by atoms with van der Waals surface area (Å²) < 4.78 is 10.6. The van der Waals surface area contributed by atoms with Crippen molar-refractivity contribution in [1.29, 1.82) is 5.26 Å². The number of rotatable bonds is 6. The minimum atomic E-state index is -0.791. The number of nitriles is 1. The summed E-state index contributed by atoms with van der Waals surface area (Å²) in [5.74, 6) is -0.365. The third-order valence-electron chi connectivity index (χ3n) is 3.06. The van der Waals surface area contributed by atoms with Gasteiger partial charge in [-0.15, -0.1) is 0 Å². The van der Waals surface area contributed by atoms with Crippen molar-refractivity contribution >= 4 is 18.3 Å². The van der Waals surface area contributed by atoms with Crippen molar-refractivity contribution in [3.63, 3.8) is 0 Å². The number of hydrogen-bond acceptors (Lipinski definition) is 5. The Hall–Kier alpha value is -3.39. The van der Waals surface area contributed by atoms with Crippen LogP contribution < -0.4 is 9.47 Å². The van der Waals surface area contributed by atoms with Crippen molar-refractivity contribution in [2.24, 2.45) is 0 Å². The average molecular weight is 321 g/mol. The Morgan fingerprint density at radius 2 is 1.88 bits per heavy atom. The summed E-state index contributed by atoms with van der Waals surface area (Å²) in [4.78, 5) is 23.1. The topological polar surface area (TPSA) is 76.4 Å². The van der Waals surface area contributed by atoms with Crippen molar-refractivity contribution in [2.75, 3.05) is 6.61 Å². The number of aldehydes is 1. The Labute approximate surface area is 139 Å². The summed E-state index contributed by atoms with van der Waals surface area (Å²) in [7, 11) is 0. The van der Waals surface area contributed by atoms with E-state index in [1.165, 1.54) is 24.3 Å². The highest BCUT2D eigenvalue weighted by Gasteiger charge is 2.15. The van der Waals surface area contributed by atoms with E-state index < -0.39 is 5.97 Å². The van der Waals surface area contributed by atoms with E-state index in [1.54, 1.807) is 31.2 Å². The van der Waals surface area contributed by atoms with Gasteiger partial charge in [0, 0.05) is 5.56 Å². The number of hydrogen-bond donors (Lipinski definition) is 0. The molecule has 0 saturated heterocycles. The van der Waals surface area contributed by atoms with Gasteiger partial charge in [0.25, 0.3) is 0 Å². The van der Waals surface area contributed by atoms with Crippen LogP contribution >= 0.6 is 0 Å². The Morgan fingerprint density at radius 1 is 1.12 bits per heavy atom. The van der Waals surface area contributed by atoms with E-state index in [1.807, 2.05) is 12.1 Å². The molecule has 0 unspecified atom stereocenters. The first-order valence-electron chi connectivity index (χ1n) is 7.29. The molecule has 2 aromatic carbocycles. The molecule has 120 valence electrons. The van der Waals surface area contributed by atoms with Crippen LogP contribution in [0.25, 0.3) is 6.08 Å². The fourth-order valence-electron chi connectivity index (χ4n) is 1.96. The Morgan fingerprint density at radius 3 is 2.50 bits per heavy atom. The van der Waals surface area contributed by atoms with Gasteiger partial charge >= 0.3 is 5.97 Å². The Balaban J connectivity index is 2.26. The van der Waals surface area contributed by atoms with Gasteiger partial charge in [0.05, 0.1) is 6.61 Å². The zero-order valence-electron chi connectivity index (χ0n) is 13.1. The first kappa shape index (κ1) is 17.0. The summed E-state index contributed by atoms with van der Waals surface area (Å²) in [6.07, 6.45) is 2.12. The zero-order valence-corrected chi connectivity index (χ0v) is 13.1. The molecule has 0 heterocycles. The lowest BCUT2D eigenvalue weighted by Crippen LogP contribution is -2.11. The summed E-state index contributed by atoms with van der Waals surface area (Å²) in [6, 6.07) is 15.3. The van der Waals surface area contributed by atoms with Crippen LogP contribution in [0.1, 0.15) is 22.8 Å². The largest absolute Gasteiger partial charge is 0.490 e. The van der Waals surface area contributed by atoms with Crippen molar-refractivity contribution in [2.45, 2.75) is 6.92 Å². The van der Waals surface area contributed by atoms with Crippen LogP contribution in [0.4, 0.5) is 0 Å². The van der Waals surface area contributed by atoms with Crippen molar-refractivity contribution in [1.82, 2.24) is 0 Å². The molecule has 0 bridgehead atoms. The highest BCUT2D eigenvalue weighted by atomic mass is 16.6. The maximum atomic E-state index is 12.2. The van der Waals surface area contributed by atoms with E-state index in [2.05, 4.69) is 0 Å². The monoisotopic (exact) mass is 321 g/mol. The van der Waals surface area contributed by atoms with Gasteiger partial charge in [-0.25, -0.2) is 4.79 Å². The number of ether oxygens (including phenoxy) is 2. The molecule has 5 nitrogen and oxygen atoms in total. The molecule has 2 rings (SSSR count). The number of carbonyl (C=O) groups is 2. The molecular formula is C19H15NO4. The van der Waals surface area contributed by atoms with Crippen molar-refractivity contribution in [3.05, 3.63) is 65.2 Å². The molecule has 0 aliphatic heterocycles. The Bertz CT molecular complexity index is 804. The maximum Gasteiger partial charge on any atom is 0.354 e. The summed E-state index contributed by atoms with van der Waals surface area (Å²) >= 11 is 0. The van der Waals surface area contributed by atoms with Gasteiger partial charge in [-0.1, -0.05) is 30.3 Å². The molecule has 0 fully saturated rings. The van der Waals surface area contributed by atoms with Crippen molar-refractivity contribution < 1.29 is 19.1 Å². The molecule has 2 aromatic rings. The number of esters is 1. The van der Waals surface area contributed by atoms with Gasteiger partial charge in [0.1, 0.15) is 17.9 Å². The summed E-state index contributed by atoms with van der Waals surface area (Å²) in [5.41, 5.74) is 0.981. The predicted octanol–water partition coefficient (Wildman–Crippen LogP) is 3.41. The lowest BCUT2D eigenvalue weighted by atomic mass is 10.1. The van der Waals surface area contributed by atoms with Crippen LogP contribution in [0.5, 0.6) is 11.5 Å². The molecule has 0 N–H and O–H groups in total. The molecule has 0 saturated carbocycles. The standard InChI is InChI=1S/C19H15NO4/c1-2-23-18-11-15(13-21)8-9-17(18)24-19(22)16(12-20)10-14-6-4-3-5-7-14/h3-11,13H,2H2,1H3/b16-10+. The van der Waals surface area contributed by atoms with Crippen LogP contribution in [-0.4, -0.2) is 18.9 Å². The van der Waals surface area contributed by atoms with Crippen molar-refractivity contribution in [3.8, 4) is 17.6 Å². The lowest BCUT2D eigenvalue weighted by Gasteiger charge is -2.10. The molecule has 0 aliphatic rings. The van der Waals surface area contributed by atoms with Gasteiger partial charge in [-0.3, -0.25) is 4.79 Å². The molecule has 0 aliphatic carbocycles. The number of carbonyl (C=O) groups excluding carboxylic acids is 2. The quantitative estimate of drug-likeness (QED) is 0.268. The predicted molar refractivity (Wildman–Crippen MR) is 88.7 cm³/mol. The van der Waals surface area contributed by atoms with Gasteiger partial charge in [0.15, 0.2) is 11.5 Å². The van der Waals surface area contributed by atoms with Crippen LogP contribution in [0.2, 0.25) is 0 Å². The first-order valence-corrected chi connectivity index (χ1v) is 7.29. The molecule has 24 heavy (non-hydrogen) atoms. The molecule has 0 radical (unpaired) electrons. The van der Waals surface area contributed by atoms with E-state index in [9.17, 15) is 14.9 Å². The van der Waals surface area contributed by atoms with Gasteiger partial charge in [0.2, 0.25) is 0 Å². The molecule has 5 heteroatoms. The lowest BCUT2D eigenvalue weighted by molar-refractivity contribution is -0.129. The average Bonchev–Trinajstić information content (AvgIpc) is 2.62. The van der Waals surface area contributed by atoms with E-state index in [4.69, 9.17) is 9.47 Å². The number of nitrogens with zero attached hydrogens (tertiary/aromatic N) is 1. The molecule has 0 atom stereocenters.